The van der Waals surface area contributed by atoms with E-state index in [0.717, 1.165) is 82.0 Å². The summed E-state index contributed by atoms with van der Waals surface area (Å²) < 4.78 is 6.73. The van der Waals surface area contributed by atoms with E-state index in [1.54, 1.807) is 0 Å². The SMILES string of the molecule is C/C=C\C=C(/C)c1nc(C2=CCCC=C2)nc(C2C=CC(c3ccc(-c4ccc5ccccc5c4)c4oc5ccccc5c34)=C3CCC=CC32)n1. The lowest BCUT2D eigenvalue weighted by atomic mass is 9.72. The number of hydrogen-bond donors (Lipinski definition) is 0. The number of rotatable bonds is 6. The van der Waals surface area contributed by atoms with Crippen LogP contribution in [0.15, 0.2) is 150 Å². The van der Waals surface area contributed by atoms with Gasteiger partial charge in [-0.3, -0.25) is 0 Å². The molecule has 3 aliphatic carbocycles. The fraction of sp³-hybridized carbons (Fsp3) is 0.170. The second-order valence-electron chi connectivity index (χ2n) is 13.7. The van der Waals surface area contributed by atoms with Crippen LogP contribution in [0.3, 0.4) is 0 Å². The molecular formula is C47H39N3O. The molecule has 4 heteroatoms. The maximum Gasteiger partial charge on any atom is 0.163 e. The van der Waals surface area contributed by atoms with Gasteiger partial charge in [0.05, 0.1) is 0 Å². The molecule has 0 bridgehead atoms. The molecule has 6 aromatic rings. The van der Waals surface area contributed by atoms with E-state index in [0.29, 0.717) is 0 Å². The van der Waals surface area contributed by atoms with Crippen molar-refractivity contribution in [3.8, 4) is 11.1 Å². The van der Waals surface area contributed by atoms with Crippen LogP contribution in [0.25, 0.3) is 60.6 Å². The molecule has 2 aromatic heterocycles. The Balaban J connectivity index is 1.19. The topological polar surface area (TPSA) is 51.8 Å². The van der Waals surface area contributed by atoms with Crippen LogP contribution < -0.4 is 0 Å². The summed E-state index contributed by atoms with van der Waals surface area (Å²) in [5.74, 6) is 2.44. The summed E-state index contributed by atoms with van der Waals surface area (Å²) in [5.41, 5.74) is 10.1. The first-order chi connectivity index (χ1) is 25.2. The highest BCUT2D eigenvalue weighted by Crippen LogP contribution is 2.48. The van der Waals surface area contributed by atoms with Crippen LogP contribution in [0.1, 0.15) is 68.5 Å². The molecule has 4 nitrogen and oxygen atoms in total. The standard InChI is InChI=1S/C47H39N3O/c1-3-4-14-30(2)45-48-46(32-16-6-5-7-17-32)50-47(49-45)40-28-26-38(36-19-10-11-20-37(36)40)39-27-25-35(34-24-23-31-15-8-9-18-33(31)29-34)44-43(39)41-21-12-13-22-42(41)51-44/h3-4,6,8-9,11-18,20-29,37,40H,5,7,10,19H2,1-2H3/b4-3-,30-14+. The number of allylic oxidation sites excluding steroid dienone is 14. The summed E-state index contributed by atoms with van der Waals surface area (Å²) in [6.07, 6.45) is 26.2. The van der Waals surface area contributed by atoms with Crippen molar-refractivity contribution in [2.45, 2.75) is 45.4 Å². The molecule has 0 radical (unpaired) electrons. The Bertz CT molecular complexity index is 2570. The van der Waals surface area contributed by atoms with Crippen molar-refractivity contribution in [1.29, 1.82) is 0 Å². The zero-order chi connectivity index (χ0) is 34.3. The number of benzene rings is 4. The van der Waals surface area contributed by atoms with Gasteiger partial charge in [0.2, 0.25) is 0 Å². The number of para-hydroxylation sites is 1. The fourth-order valence-electron chi connectivity index (χ4n) is 7.93. The monoisotopic (exact) mass is 661 g/mol. The molecule has 0 saturated carbocycles. The van der Waals surface area contributed by atoms with Gasteiger partial charge in [0.15, 0.2) is 11.6 Å². The summed E-state index contributed by atoms with van der Waals surface area (Å²) >= 11 is 0. The van der Waals surface area contributed by atoms with Gasteiger partial charge >= 0.3 is 0 Å². The lowest BCUT2D eigenvalue weighted by molar-refractivity contribution is 0.583. The number of furan rings is 1. The van der Waals surface area contributed by atoms with Gasteiger partial charge in [0.25, 0.3) is 0 Å². The van der Waals surface area contributed by atoms with E-state index in [9.17, 15) is 0 Å². The Kier molecular flexibility index (Phi) is 8.00. The Morgan fingerprint density at radius 1 is 0.784 bits per heavy atom. The van der Waals surface area contributed by atoms with Crippen molar-refractivity contribution < 1.29 is 4.42 Å². The lowest BCUT2D eigenvalue weighted by Crippen LogP contribution is -2.22. The predicted molar refractivity (Wildman–Crippen MR) is 212 cm³/mol. The smallest absolute Gasteiger partial charge is 0.163 e. The van der Waals surface area contributed by atoms with Crippen molar-refractivity contribution in [3.63, 3.8) is 0 Å². The molecule has 3 aliphatic rings. The number of hydrogen-bond acceptors (Lipinski definition) is 4. The number of fused-ring (bicyclic) bond motifs is 5. The van der Waals surface area contributed by atoms with Crippen LogP contribution in [0.5, 0.6) is 0 Å². The van der Waals surface area contributed by atoms with Crippen LogP contribution in [-0.4, -0.2) is 15.0 Å². The van der Waals surface area contributed by atoms with Gasteiger partial charge < -0.3 is 4.42 Å². The Labute approximate surface area is 298 Å². The van der Waals surface area contributed by atoms with E-state index in [4.69, 9.17) is 19.4 Å². The molecule has 0 fully saturated rings. The van der Waals surface area contributed by atoms with Gasteiger partial charge in [0.1, 0.15) is 17.0 Å². The molecule has 4 aromatic carbocycles. The van der Waals surface area contributed by atoms with E-state index < -0.39 is 0 Å². The second kappa shape index (κ2) is 13.1. The van der Waals surface area contributed by atoms with Crippen LogP contribution in [0.4, 0.5) is 0 Å². The normalized spacial score (nSPS) is 19.1. The maximum atomic E-state index is 6.73. The minimum atomic E-state index is -0.00283. The van der Waals surface area contributed by atoms with Crippen LogP contribution in [0, 0.1) is 5.92 Å². The van der Waals surface area contributed by atoms with E-state index in [2.05, 4.69) is 134 Å². The highest BCUT2D eigenvalue weighted by molar-refractivity contribution is 6.15. The first-order valence-corrected chi connectivity index (χ1v) is 18.1. The van der Waals surface area contributed by atoms with E-state index in [-0.39, 0.29) is 11.8 Å². The molecular weight excluding hydrogens is 623 g/mol. The average molecular weight is 662 g/mol. The zero-order valence-corrected chi connectivity index (χ0v) is 29.0. The van der Waals surface area contributed by atoms with Gasteiger partial charge in [-0.05, 0) is 90.8 Å². The predicted octanol–water partition coefficient (Wildman–Crippen LogP) is 12.4. The summed E-state index contributed by atoms with van der Waals surface area (Å²) in [4.78, 5) is 15.3. The average Bonchev–Trinajstić information content (AvgIpc) is 3.59. The molecule has 0 N–H and O–H groups in total. The Morgan fingerprint density at radius 3 is 2.53 bits per heavy atom. The number of nitrogens with zero attached hydrogens (tertiary/aromatic N) is 3. The fourth-order valence-corrected chi connectivity index (χ4v) is 7.93. The molecule has 0 aliphatic heterocycles. The second-order valence-corrected chi connectivity index (χ2v) is 13.7. The zero-order valence-electron chi connectivity index (χ0n) is 29.0. The molecule has 248 valence electrons. The molecule has 2 atom stereocenters. The Hall–Kier alpha value is -5.87. The maximum absolute atomic E-state index is 6.73. The molecule has 9 rings (SSSR count). The van der Waals surface area contributed by atoms with Crippen LogP contribution in [-0.2, 0) is 0 Å². The third kappa shape index (κ3) is 5.61. The van der Waals surface area contributed by atoms with Crippen molar-refractivity contribution in [2.24, 2.45) is 5.92 Å². The molecule has 2 heterocycles. The van der Waals surface area contributed by atoms with Crippen LogP contribution in [0.2, 0.25) is 0 Å². The van der Waals surface area contributed by atoms with E-state index in [1.165, 1.54) is 32.9 Å². The summed E-state index contributed by atoms with van der Waals surface area (Å²) in [5, 5.41) is 4.76. The van der Waals surface area contributed by atoms with Crippen molar-refractivity contribution in [2.75, 3.05) is 0 Å². The van der Waals surface area contributed by atoms with Crippen molar-refractivity contribution in [1.82, 2.24) is 15.0 Å². The minimum Gasteiger partial charge on any atom is -0.455 e. The number of aromatic nitrogens is 3. The van der Waals surface area contributed by atoms with Gasteiger partial charge in [-0.2, -0.15) is 0 Å². The largest absolute Gasteiger partial charge is 0.455 e. The highest BCUT2D eigenvalue weighted by atomic mass is 16.3. The summed E-state index contributed by atoms with van der Waals surface area (Å²) in [6, 6.07) is 28.2. The first kappa shape index (κ1) is 31.1. The molecule has 0 amide bonds. The first-order valence-electron chi connectivity index (χ1n) is 18.1. The molecule has 51 heavy (non-hydrogen) atoms. The van der Waals surface area contributed by atoms with Crippen molar-refractivity contribution >= 4 is 49.4 Å². The van der Waals surface area contributed by atoms with Gasteiger partial charge in [-0.25, -0.2) is 15.0 Å². The van der Waals surface area contributed by atoms with Crippen molar-refractivity contribution in [3.05, 3.63) is 168 Å². The van der Waals surface area contributed by atoms with E-state index >= 15 is 0 Å². The quantitative estimate of drug-likeness (QED) is 0.132. The summed E-state index contributed by atoms with van der Waals surface area (Å²) in [6.45, 7) is 4.10. The molecule has 0 saturated heterocycles. The van der Waals surface area contributed by atoms with Gasteiger partial charge in [-0.15, -0.1) is 0 Å². The molecule has 0 spiro atoms. The third-order valence-electron chi connectivity index (χ3n) is 10.5. The lowest BCUT2D eigenvalue weighted by Gasteiger charge is -2.32. The summed E-state index contributed by atoms with van der Waals surface area (Å²) in [7, 11) is 0. The minimum absolute atomic E-state index is 0.00283. The Morgan fingerprint density at radius 2 is 1.65 bits per heavy atom. The third-order valence-corrected chi connectivity index (χ3v) is 10.5. The highest BCUT2D eigenvalue weighted by Gasteiger charge is 2.33. The van der Waals surface area contributed by atoms with E-state index in [1.807, 2.05) is 19.1 Å². The molecule has 2 unspecified atom stereocenters. The van der Waals surface area contributed by atoms with Gasteiger partial charge in [-0.1, -0.05) is 127 Å². The van der Waals surface area contributed by atoms with Gasteiger partial charge in [0, 0.05) is 33.7 Å². The van der Waals surface area contributed by atoms with Crippen LogP contribution >= 0.6 is 0 Å².